The maximum Gasteiger partial charge on any atom is 0.320 e. The first kappa shape index (κ1) is 31.5. The van der Waals surface area contributed by atoms with Crippen LogP contribution >= 0.6 is 11.3 Å². The standard InChI is InChI=1S/C31H42N4O6S/c1-31(2,3)41-27(36)18-34(5)16-23-24(39-7)13-20(14-25(23)40-8)22-17-35(6)30(38)21-15-26(42-28(21)22)32-29(37)19-9-11-33(4)12-10-19/h13-15,17,19H,9-12,16,18H2,1-8H3,(H,32,37). The Balaban J connectivity index is 1.66. The molecule has 1 aliphatic rings. The van der Waals surface area contributed by atoms with Crippen LogP contribution in [-0.2, 0) is 27.9 Å². The maximum atomic E-state index is 13.1. The van der Waals surface area contributed by atoms with Crippen molar-refractivity contribution in [3.63, 3.8) is 0 Å². The van der Waals surface area contributed by atoms with Crippen LogP contribution in [0.5, 0.6) is 11.5 Å². The topological polar surface area (TPSA) is 102 Å². The lowest BCUT2D eigenvalue weighted by Crippen LogP contribution is -2.35. The molecule has 0 unspecified atom stereocenters. The van der Waals surface area contributed by atoms with Gasteiger partial charge < -0.3 is 29.0 Å². The molecule has 1 aliphatic heterocycles. The Morgan fingerprint density at radius 2 is 1.69 bits per heavy atom. The highest BCUT2D eigenvalue weighted by molar-refractivity contribution is 7.23. The number of carbonyl (C=O) groups excluding carboxylic acids is 2. The van der Waals surface area contributed by atoms with Gasteiger partial charge in [0, 0.05) is 31.3 Å². The molecule has 1 fully saturated rings. The molecule has 0 saturated carbocycles. The van der Waals surface area contributed by atoms with E-state index in [0.29, 0.717) is 28.4 Å². The Hall–Kier alpha value is -3.41. The second-order valence-electron chi connectivity index (χ2n) is 12.0. The van der Waals surface area contributed by atoms with E-state index in [-0.39, 0.29) is 29.9 Å². The monoisotopic (exact) mass is 598 g/mol. The number of anilines is 1. The van der Waals surface area contributed by atoms with E-state index in [0.717, 1.165) is 47.3 Å². The number of ether oxygens (including phenoxy) is 3. The van der Waals surface area contributed by atoms with E-state index in [1.165, 1.54) is 11.3 Å². The summed E-state index contributed by atoms with van der Waals surface area (Å²) in [6.45, 7) is 7.80. The summed E-state index contributed by atoms with van der Waals surface area (Å²) in [5.74, 6) is 0.826. The molecule has 42 heavy (non-hydrogen) atoms. The highest BCUT2D eigenvalue weighted by atomic mass is 32.1. The fourth-order valence-electron chi connectivity index (χ4n) is 5.23. The molecule has 228 valence electrons. The van der Waals surface area contributed by atoms with Gasteiger partial charge in [-0.1, -0.05) is 0 Å². The molecule has 1 aromatic carbocycles. The summed E-state index contributed by atoms with van der Waals surface area (Å²) in [7, 11) is 8.80. The Morgan fingerprint density at radius 3 is 2.26 bits per heavy atom. The third-order valence-electron chi connectivity index (χ3n) is 7.35. The number of nitrogens with zero attached hydrogens (tertiary/aromatic N) is 3. The SMILES string of the molecule is COc1cc(-c2cn(C)c(=O)c3cc(NC(=O)C4CCN(C)CC4)sc23)cc(OC)c1CN(C)CC(=O)OC(C)(C)C. The minimum absolute atomic E-state index is 0.00350. The second kappa shape index (κ2) is 12.8. The van der Waals surface area contributed by atoms with Gasteiger partial charge in [0.15, 0.2) is 0 Å². The number of rotatable bonds is 9. The minimum Gasteiger partial charge on any atom is -0.496 e. The number of thiophene rings is 1. The lowest BCUT2D eigenvalue weighted by atomic mass is 9.96. The molecule has 3 aromatic rings. The Bertz CT molecular complexity index is 1490. The number of amides is 1. The number of aromatic nitrogens is 1. The van der Waals surface area contributed by atoms with Crippen LogP contribution in [0.3, 0.4) is 0 Å². The van der Waals surface area contributed by atoms with Gasteiger partial charge in [-0.25, -0.2) is 0 Å². The fraction of sp³-hybridized carbons (Fsp3) is 0.516. The van der Waals surface area contributed by atoms with Crippen LogP contribution in [0.15, 0.2) is 29.2 Å². The molecule has 2 aromatic heterocycles. The Morgan fingerprint density at radius 1 is 1.07 bits per heavy atom. The summed E-state index contributed by atoms with van der Waals surface area (Å²) in [6, 6.07) is 5.59. The van der Waals surface area contributed by atoms with Gasteiger partial charge in [-0.15, -0.1) is 11.3 Å². The number of likely N-dealkylation sites (N-methyl/N-ethyl adjacent to an activating group) is 1. The lowest BCUT2D eigenvalue weighted by Gasteiger charge is -2.27. The van der Waals surface area contributed by atoms with Gasteiger partial charge in [-0.05, 0) is 84.6 Å². The van der Waals surface area contributed by atoms with Crippen molar-refractivity contribution in [2.24, 2.45) is 13.0 Å². The summed E-state index contributed by atoms with van der Waals surface area (Å²) in [4.78, 5) is 42.6. The van der Waals surface area contributed by atoms with Crippen LogP contribution < -0.4 is 20.3 Å². The molecule has 1 saturated heterocycles. The van der Waals surface area contributed by atoms with Crippen LogP contribution in [0.4, 0.5) is 5.00 Å². The average molecular weight is 599 g/mol. The van der Waals surface area contributed by atoms with Crippen molar-refractivity contribution >= 4 is 38.3 Å². The number of likely N-dealkylation sites (tertiary alicyclic amines) is 1. The molecular weight excluding hydrogens is 556 g/mol. The summed E-state index contributed by atoms with van der Waals surface area (Å²) < 4.78 is 19.4. The Labute approximate surface area is 251 Å². The molecule has 11 heteroatoms. The molecule has 0 spiro atoms. The number of piperidine rings is 1. The zero-order valence-electron chi connectivity index (χ0n) is 25.8. The minimum atomic E-state index is -0.562. The summed E-state index contributed by atoms with van der Waals surface area (Å²) in [5.41, 5.74) is 1.71. The first-order valence-corrected chi connectivity index (χ1v) is 14.9. The van der Waals surface area contributed by atoms with E-state index >= 15 is 0 Å². The molecule has 0 aliphatic carbocycles. The normalized spacial score (nSPS) is 14.8. The van der Waals surface area contributed by atoms with Crippen molar-refractivity contribution < 1.29 is 23.8 Å². The predicted molar refractivity (Wildman–Crippen MR) is 167 cm³/mol. The van der Waals surface area contributed by atoms with Crippen molar-refractivity contribution in [3.05, 3.63) is 40.3 Å². The number of esters is 1. The molecule has 4 rings (SSSR count). The zero-order valence-corrected chi connectivity index (χ0v) is 26.6. The zero-order chi connectivity index (χ0) is 30.8. The Kier molecular flexibility index (Phi) is 9.64. The average Bonchev–Trinajstić information content (AvgIpc) is 3.33. The predicted octanol–water partition coefficient (Wildman–Crippen LogP) is 4.34. The lowest BCUT2D eigenvalue weighted by molar-refractivity contribution is -0.155. The maximum absolute atomic E-state index is 13.1. The molecule has 10 nitrogen and oxygen atoms in total. The molecule has 0 radical (unpaired) electrons. The highest BCUT2D eigenvalue weighted by Gasteiger charge is 2.25. The van der Waals surface area contributed by atoms with Crippen LogP contribution in [0.25, 0.3) is 21.2 Å². The van der Waals surface area contributed by atoms with Crippen LogP contribution in [0.1, 0.15) is 39.2 Å². The van der Waals surface area contributed by atoms with Gasteiger partial charge in [-0.2, -0.15) is 0 Å². The fourth-order valence-corrected chi connectivity index (χ4v) is 6.31. The van der Waals surface area contributed by atoms with Crippen LogP contribution in [-0.4, -0.2) is 79.8 Å². The van der Waals surface area contributed by atoms with Gasteiger partial charge in [0.2, 0.25) is 5.91 Å². The molecular formula is C31H42N4O6S. The van der Waals surface area contributed by atoms with E-state index in [1.54, 1.807) is 38.1 Å². The molecule has 0 atom stereocenters. The van der Waals surface area contributed by atoms with Gasteiger partial charge in [-0.3, -0.25) is 19.3 Å². The van der Waals surface area contributed by atoms with Crippen LogP contribution in [0, 0.1) is 5.92 Å². The number of pyridine rings is 1. The number of aryl methyl sites for hydroxylation is 1. The number of fused-ring (bicyclic) bond motifs is 1. The number of carbonyl (C=O) groups is 2. The molecule has 0 bridgehead atoms. The van der Waals surface area contributed by atoms with E-state index in [2.05, 4.69) is 17.3 Å². The number of methoxy groups -OCH3 is 2. The van der Waals surface area contributed by atoms with Crippen LogP contribution in [0.2, 0.25) is 0 Å². The first-order chi connectivity index (χ1) is 19.8. The molecule has 3 heterocycles. The van der Waals surface area contributed by atoms with Crippen molar-refractivity contribution in [2.45, 2.75) is 45.8 Å². The van der Waals surface area contributed by atoms with Gasteiger partial charge in [0.25, 0.3) is 5.56 Å². The van der Waals surface area contributed by atoms with Crippen molar-refractivity contribution in [1.82, 2.24) is 14.4 Å². The number of nitrogens with one attached hydrogen (secondary N) is 1. The quantitative estimate of drug-likeness (QED) is 0.363. The van der Waals surface area contributed by atoms with Gasteiger partial charge >= 0.3 is 5.97 Å². The smallest absolute Gasteiger partial charge is 0.320 e. The van der Waals surface area contributed by atoms with Gasteiger partial charge in [0.1, 0.15) is 17.1 Å². The van der Waals surface area contributed by atoms with E-state index < -0.39 is 5.60 Å². The number of hydrogen-bond donors (Lipinski definition) is 1. The molecule has 1 amide bonds. The number of benzene rings is 1. The highest BCUT2D eigenvalue weighted by Crippen LogP contribution is 2.41. The van der Waals surface area contributed by atoms with Crippen molar-refractivity contribution in [3.8, 4) is 22.6 Å². The third-order valence-corrected chi connectivity index (χ3v) is 8.44. The number of hydrogen-bond acceptors (Lipinski definition) is 9. The van der Waals surface area contributed by atoms with Gasteiger partial charge in [0.05, 0.1) is 41.4 Å². The summed E-state index contributed by atoms with van der Waals surface area (Å²) in [6.07, 6.45) is 3.44. The molecule has 1 N–H and O–H groups in total. The van der Waals surface area contributed by atoms with Crippen molar-refractivity contribution in [2.75, 3.05) is 53.3 Å². The summed E-state index contributed by atoms with van der Waals surface area (Å²) >= 11 is 1.39. The largest absolute Gasteiger partial charge is 0.496 e. The summed E-state index contributed by atoms with van der Waals surface area (Å²) in [5, 5.41) is 4.26. The first-order valence-electron chi connectivity index (χ1n) is 14.1. The van der Waals surface area contributed by atoms with E-state index in [4.69, 9.17) is 14.2 Å². The third kappa shape index (κ3) is 7.32. The van der Waals surface area contributed by atoms with E-state index in [1.807, 2.05) is 44.9 Å². The van der Waals surface area contributed by atoms with Crippen molar-refractivity contribution in [1.29, 1.82) is 0 Å². The second-order valence-corrected chi connectivity index (χ2v) is 13.0. The van der Waals surface area contributed by atoms with E-state index in [9.17, 15) is 14.4 Å².